The Hall–Kier alpha value is -1.35. The highest BCUT2D eigenvalue weighted by molar-refractivity contribution is 7.88. The van der Waals surface area contributed by atoms with Crippen molar-refractivity contribution in [2.24, 2.45) is 0 Å². The molecule has 0 rings (SSSR count). The molecule has 0 radical (unpaired) electrons. The summed E-state index contributed by atoms with van der Waals surface area (Å²) in [5.74, 6) is -0.290. The van der Waals surface area contributed by atoms with Crippen LogP contribution in [0.4, 0.5) is 4.79 Å². The third-order valence-electron chi connectivity index (χ3n) is 2.19. The molecule has 2 N–H and O–H groups in total. The fourth-order valence-corrected chi connectivity index (χ4v) is 2.07. The quantitative estimate of drug-likeness (QED) is 0.510. The molecular weight excluding hydrogens is 300 g/mol. The molecule has 9 heteroatoms. The number of unbranched alkanes of at least 4 members (excludes halogenated alkanes) is 2. The minimum absolute atomic E-state index is 0.166. The molecule has 0 saturated heterocycles. The molecule has 0 spiro atoms. The molecule has 0 unspecified atom stereocenters. The maximum atomic E-state index is 11.5. The lowest BCUT2D eigenvalue weighted by atomic mass is 10.2. The average Bonchev–Trinajstić information content (AvgIpc) is 2.29. The first kappa shape index (κ1) is 19.7. The first-order chi connectivity index (χ1) is 9.56. The van der Waals surface area contributed by atoms with Crippen molar-refractivity contribution in [1.29, 1.82) is 0 Å². The number of methoxy groups -OCH3 is 1. The Labute approximate surface area is 125 Å². The summed E-state index contributed by atoms with van der Waals surface area (Å²) in [6.07, 6.45) is 1.12. The number of ether oxygens (including phenoxy) is 2. The molecule has 0 aromatic carbocycles. The molecule has 8 nitrogen and oxygen atoms in total. The molecule has 124 valence electrons. The Morgan fingerprint density at radius 1 is 1.10 bits per heavy atom. The molecule has 21 heavy (non-hydrogen) atoms. The third kappa shape index (κ3) is 12.1. The Kier molecular flexibility index (Phi) is 8.26. The van der Waals surface area contributed by atoms with Crippen LogP contribution >= 0.6 is 0 Å². The molecule has 0 aliphatic carbocycles. The summed E-state index contributed by atoms with van der Waals surface area (Å²) in [6, 6.07) is 0. The molecule has 0 bridgehead atoms. The van der Waals surface area contributed by atoms with E-state index in [4.69, 9.17) is 4.74 Å². The summed E-state index contributed by atoms with van der Waals surface area (Å²) in [6.45, 7) is 5.06. The van der Waals surface area contributed by atoms with Gasteiger partial charge >= 0.3 is 22.3 Å². The molecule has 0 saturated carbocycles. The summed E-state index contributed by atoms with van der Waals surface area (Å²) in [5, 5.41) is 0. The maximum absolute atomic E-state index is 11.5. The Morgan fingerprint density at radius 2 is 1.71 bits per heavy atom. The van der Waals surface area contributed by atoms with Crippen molar-refractivity contribution in [2.75, 3.05) is 13.7 Å². The van der Waals surface area contributed by atoms with Gasteiger partial charge in [-0.1, -0.05) is 6.42 Å². The molecule has 1 amide bonds. The van der Waals surface area contributed by atoms with Crippen LogP contribution < -0.4 is 9.44 Å². The minimum atomic E-state index is -3.93. The number of carbonyl (C=O) groups is 2. The van der Waals surface area contributed by atoms with Crippen LogP contribution in [-0.2, 0) is 24.5 Å². The third-order valence-corrected chi connectivity index (χ3v) is 3.21. The largest absolute Gasteiger partial charge is 0.469 e. The van der Waals surface area contributed by atoms with Crippen LogP contribution in [-0.4, -0.2) is 39.7 Å². The van der Waals surface area contributed by atoms with Crippen LogP contribution in [0.1, 0.15) is 46.5 Å². The zero-order valence-corrected chi connectivity index (χ0v) is 13.7. The first-order valence-corrected chi connectivity index (χ1v) is 8.11. The SMILES string of the molecule is COC(=O)CCCCCNS(=O)(=O)NC(=O)OC(C)(C)C. The number of esters is 1. The smallest absolute Gasteiger partial charge is 0.422 e. The Bertz CT molecular complexity index is 441. The maximum Gasteiger partial charge on any atom is 0.422 e. The van der Waals surface area contributed by atoms with Gasteiger partial charge in [0.25, 0.3) is 0 Å². The highest BCUT2D eigenvalue weighted by Gasteiger charge is 2.20. The summed E-state index contributed by atoms with van der Waals surface area (Å²) in [4.78, 5) is 22.2. The highest BCUT2D eigenvalue weighted by atomic mass is 32.2. The normalized spacial score (nSPS) is 11.8. The predicted molar refractivity (Wildman–Crippen MR) is 76.8 cm³/mol. The molecule has 0 aromatic rings. The highest BCUT2D eigenvalue weighted by Crippen LogP contribution is 2.06. The van der Waals surface area contributed by atoms with Crippen molar-refractivity contribution in [3.63, 3.8) is 0 Å². The van der Waals surface area contributed by atoms with E-state index in [1.807, 2.05) is 0 Å². The van der Waals surface area contributed by atoms with Gasteiger partial charge in [0.15, 0.2) is 0 Å². The molecular formula is C12H24N2O6S. The molecule has 0 aliphatic heterocycles. The monoisotopic (exact) mass is 324 g/mol. The van der Waals surface area contributed by atoms with E-state index in [1.54, 1.807) is 25.5 Å². The predicted octanol–water partition coefficient (Wildman–Crippen LogP) is 1.08. The number of amides is 1. The first-order valence-electron chi connectivity index (χ1n) is 6.63. The lowest BCUT2D eigenvalue weighted by Gasteiger charge is -2.19. The van der Waals surface area contributed by atoms with E-state index in [0.29, 0.717) is 25.7 Å². The molecule has 0 fully saturated rings. The van der Waals surface area contributed by atoms with Crippen LogP contribution in [0.5, 0.6) is 0 Å². The zero-order valence-electron chi connectivity index (χ0n) is 12.9. The number of carbonyl (C=O) groups excluding carboxylic acids is 2. The molecule has 0 heterocycles. The van der Waals surface area contributed by atoms with Gasteiger partial charge in [0.2, 0.25) is 0 Å². The van der Waals surface area contributed by atoms with E-state index >= 15 is 0 Å². The topological polar surface area (TPSA) is 111 Å². The van der Waals surface area contributed by atoms with Gasteiger partial charge in [0.1, 0.15) is 5.60 Å². The molecule has 0 aromatic heterocycles. The Balaban J connectivity index is 3.88. The fourth-order valence-electron chi connectivity index (χ4n) is 1.32. The van der Waals surface area contributed by atoms with Gasteiger partial charge in [-0.25, -0.2) is 9.52 Å². The van der Waals surface area contributed by atoms with Gasteiger partial charge in [-0.15, -0.1) is 0 Å². The second-order valence-corrected chi connectivity index (χ2v) is 6.89. The summed E-state index contributed by atoms with van der Waals surface area (Å²) in [5.41, 5.74) is -0.770. The molecule has 0 atom stereocenters. The van der Waals surface area contributed by atoms with Gasteiger partial charge in [-0.2, -0.15) is 13.1 Å². The van der Waals surface area contributed by atoms with Gasteiger partial charge in [0, 0.05) is 13.0 Å². The number of rotatable bonds is 8. The van der Waals surface area contributed by atoms with Crippen LogP contribution in [0.2, 0.25) is 0 Å². The average molecular weight is 324 g/mol. The van der Waals surface area contributed by atoms with Crippen molar-refractivity contribution in [1.82, 2.24) is 9.44 Å². The van der Waals surface area contributed by atoms with Gasteiger partial charge in [0.05, 0.1) is 7.11 Å². The van der Waals surface area contributed by atoms with Crippen LogP contribution in [0.3, 0.4) is 0 Å². The van der Waals surface area contributed by atoms with E-state index < -0.39 is 21.9 Å². The zero-order chi connectivity index (χ0) is 16.5. The molecule has 0 aliphatic rings. The number of hydrogen-bond donors (Lipinski definition) is 2. The summed E-state index contributed by atoms with van der Waals surface area (Å²) < 4.78 is 36.3. The number of nitrogens with one attached hydrogen (secondary N) is 2. The number of hydrogen-bond acceptors (Lipinski definition) is 6. The van der Waals surface area contributed by atoms with Gasteiger partial charge in [-0.3, -0.25) is 4.79 Å². The van der Waals surface area contributed by atoms with Crippen molar-refractivity contribution >= 4 is 22.3 Å². The van der Waals surface area contributed by atoms with Crippen molar-refractivity contribution in [2.45, 2.75) is 52.1 Å². The van der Waals surface area contributed by atoms with Crippen LogP contribution in [0.15, 0.2) is 0 Å². The van der Waals surface area contributed by atoms with Crippen molar-refractivity contribution in [3.8, 4) is 0 Å². The minimum Gasteiger partial charge on any atom is -0.469 e. The van der Waals surface area contributed by atoms with Crippen LogP contribution in [0, 0.1) is 0 Å². The standard InChI is InChI=1S/C12H24N2O6S/c1-12(2,3)20-11(16)14-21(17,18)13-9-7-5-6-8-10(15)19-4/h13H,5-9H2,1-4H3,(H,14,16). The van der Waals surface area contributed by atoms with E-state index in [0.717, 1.165) is 0 Å². The second-order valence-electron chi connectivity index (χ2n) is 5.39. The lowest BCUT2D eigenvalue weighted by Crippen LogP contribution is -2.43. The Morgan fingerprint density at radius 3 is 2.24 bits per heavy atom. The van der Waals surface area contributed by atoms with E-state index in [1.165, 1.54) is 7.11 Å². The second kappa shape index (κ2) is 8.83. The summed E-state index contributed by atoms with van der Waals surface area (Å²) >= 11 is 0. The lowest BCUT2D eigenvalue weighted by molar-refractivity contribution is -0.140. The van der Waals surface area contributed by atoms with E-state index in [2.05, 4.69) is 9.46 Å². The summed E-state index contributed by atoms with van der Waals surface area (Å²) in [7, 11) is -2.61. The van der Waals surface area contributed by atoms with E-state index in [9.17, 15) is 18.0 Å². The fraction of sp³-hybridized carbons (Fsp3) is 0.833. The van der Waals surface area contributed by atoms with Gasteiger partial charge in [-0.05, 0) is 33.6 Å². The van der Waals surface area contributed by atoms with Crippen LogP contribution in [0.25, 0.3) is 0 Å². The van der Waals surface area contributed by atoms with Gasteiger partial charge < -0.3 is 9.47 Å². The van der Waals surface area contributed by atoms with E-state index in [-0.39, 0.29) is 12.5 Å². The van der Waals surface area contributed by atoms with Crippen molar-refractivity contribution < 1.29 is 27.5 Å². The van der Waals surface area contributed by atoms with Crippen molar-refractivity contribution in [3.05, 3.63) is 0 Å².